The smallest absolute Gasteiger partial charge is 0.288 e. The van der Waals surface area contributed by atoms with E-state index in [1.165, 1.54) is 0 Å². The third-order valence-corrected chi connectivity index (χ3v) is 6.17. The fraction of sp³-hybridized carbons (Fsp3) is 0.318. The Bertz CT molecular complexity index is 966. The van der Waals surface area contributed by atoms with E-state index in [1.807, 2.05) is 54.6 Å². The summed E-state index contributed by atoms with van der Waals surface area (Å²) in [4.78, 5) is 15.9. The molecule has 0 saturated carbocycles. The Morgan fingerprint density at radius 2 is 1.77 bits per heavy atom. The molecule has 0 radical (unpaired) electrons. The van der Waals surface area contributed by atoms with E-state index in [4.69, 9.17) is 15.2 Å². The quantitative estimate of drug-likeness (QED) is 0.393. The van der Waals surface area contributed by atoms with Crippen molar-refractivity contribution < 1.29 is 14.3 Å². The summed E-state index contributed by atoms with van der Waals surface area (Å²) in [6.45, 7) is 8.24. The molecule has 0 unspecified atom stereocenters. The van der Waals surface area contributed by atoms with Gasteiger partial charge < -0.3 is 15.2 Å². The number of ether oxygens (including phenoxy) is 2. The molecule has 0 fully saturated rings. The number of carbonyl (C=O) groups is 1. The van der Waals surface area contributed by atoms with Crippen molar-refractivity contribution in [1.29, 1.82) is 0 Å². The van der Waals surface area contributed by atoms with Crippen molar-refractivity contribution in [2.24, 2.45) is 5.73 Å². The number of nitrogens with zero attached hydrogens (tertiary/aromatic N) is 3. The summed E-state index contributed by atoms with van der Waals surface area (Å²) in [6.07, 6.45) is 0. The summed E-state index contributed by atoms with van der Waals surface area (Å²) in [5.74, 6) is 0.588. The predicted molar refractivity (Wildman–Crippen MR) is 119 cm³/mol. The van der Waals surface area contributed by atoms with Gasteiger partial charge in [0.05, 0.1) is 0 Å². The van der Waals surface area contributed by atoms with Crippen molar-refractivity contribution in [3.05, 3.63) is 66.0 Å². The van der Waals surface area contributed by atoms with Crippen LogP contribution in [0, 0.1) is 0 Å². The highest BCUT2D eigenvalue weighted by Gasteiger charge is 2.17. The van der Waals surface area contributed by atoms with Crippen molar-refractivity contribution in [3.63, 3.8) is 0 Å². The maximum atomic E-state index is 11.6. The standard InChI is InChI=1S/C22H28N4O3Si/c1-30(2,3)14-13-28-16-26-22(24-21(25-26)20(23)27)18-9-11-19(12-10-18)29-15-17-7-5-4-6-8-17/h4-12H,13-16H2,1-3H3,(H2,23,27). The molecule has 3 rings (SSSR count). The first kappa shape index (κ1) is 21.7. The fourth-order valence-corrected chi connectivity index (χ4v) is 3.48. The Labute approximate surface area is 177 Å². The first-order valence-electron chi connectivity index (χ1n) is 9.91. The second kappa shape index (κ2) is 9.68. The molecule has 2 aromatic carbocycles. The lowest BCUT2D eigenvalue weighted by atomic mass is 10.2. The summed E-state index contributed by atoms with van der Waals surface area (Å²) in [6, 6.07) is 18.5. The highest BCUT2D eigenvalue weighted by Crippen LogP contribution is 2.22. The van der Waals surface area contributed by atoms with Crippen LogP contribution < -0.4 is 10.5 Å². The molecule has 1 amide bonds. The Kier molecular flexibility index (Phi) is 7.01. The van der Waals surface area contributed by atoms with E-state index in [2.05, 4.69) is 29.7 Å². The van der Waals surface area contributed by atoms with Crippen LogP contribution in [0.25, 0.3) is 11.4 Å². The summed E-state index contributed by atoms with van der Waals surface area (Å²) in [7, 11) is -1.18. The van der Waals surface area contributed by atoms with Gasteiger partial charge in [-0.15, -0.1) is 5.10 Å². The van der Waals surface area contributed by atoms with E-state index >= 15 is 0 Å². The lowest BCUT2D eigenvalue weighted by Crippen LogP contribution is -2.22. The lowest BCUT2D eigenvalue weighted by molar-refractivity contribution is 0.0789. The Hall–Kier alpha value is -2.97. The Balaban J connectivity index is 1.69. The molecule has 0 atom stereocenters. The maximum absolute atomic E-state index is 11.6. The summed E-state index contributed by atoms with van der Waals surface area (Å²) < 4.78 is 13.2. The van der Waals surface area contributed by atoms with Gasteiger partial charge in [-0.25, -0.2) is 9.67 Å². The average molecular weight is 425 g/mol. The molecule has 8 heteroatoms. The van der Waals surface area contributed by atoms with Crippen LogP contribution in [-0.4, -0.2) is 35.4 Å². The zero-order valence-corrected chi connectivity index (χ0v) is 18.7. The number of amides is 1. The third-order valence-electron chi connectivity index (χ3n) is 4.46. The third kappa shape index (κ3) is 6.26. The lowest BCUT2D eigenvalue weighted by Gasteiger charge is -2.15. The van der Waals surface area contributed by atoms with Gasteiger partial charge in [-0.1, -0.05) is 50.0 Å². The number of aromatic nitrogens is 3. The van der Waals surface area contributed by atoms with Gasteiger partial charge in [0.15, 0.2) is 5.82 Å². The Morgan fingerprint density at radius 1 is 1.07 bits per heavy atom. The topological polar surface area (TPSA) is 92.3 Å². The van der Waals surface area contributed by atoms with Crippen LogP contribution in [-0.2, 0) is 18.1 Å². The van der Waals surface area contributed by atoms with Crippen LogP contribution in [0.15, 0.2) is 54.6 Å². The summed E-state index contributed by atoms with van der Waals surface area (Å²) in [5.41, 5.74) is 7.27. The summed E-state index contributed by atoms with van der Waals surface area (Å²) in [5, 5.41) is 4.20. The second-order valence-corrected chi connectivity index (χ2v) is 13.9. The number of nitrogens with two attached hydrogens (primary N) is 1. The molecule has 158 valence electrons. The maximum Gasteiger partial charge on any atom is 0.288 e. The number of primary amides is 1. The highest BCUT2D eigenvalue weighted by atomic mass is 28.3. The first-order chi connectivity index (χ1) is 14.3. The predicted octanol–water partition coefficient (Wildman–Crippen LogP) is 3.94. The zero-order valence-electron chi connectivity index (χ0n) is 17.7. The minimum atomic E-state index is -1.18. The van der Waals surface area contributed by atoms with Crippen molar-refractivity contribution in [3.8, 4) is 17.1 Å². The van der Waals surface area contributed by atoms with Crippen LogP contribution in [0.1, 0.15) is 16.2 Å². The molecule has 1 heterocycles. The van der Waals surface area contributed by atoms with E-state index < -0.39 is 14.0 Å². The van der Waals surface area contributed by atoms with E-state index in [0.717, 1.165) is 22.9 Å². The van der Waals surface area contributed by atoms with E-state index in [-0.39, 0.29) is 12.6 Å². The van der Waals surface area contributed by atoms with Gasteiger partial charge >= 0.3 is 0 Å². The molecule has 1 aromatic heterocycles. The molecular weight excluding hydrogens is 396 g/mol. The van der Waals surface area contributed by atoms with Gasteiger partial charge in [0.1, 0.15) is 19.1 Å². The zero-order chi connectivity index (χ0) is 21.6. The largest absolute Gasteiger partial charge is 0.489 e. The van der Waals surface area contributed by atoms with Gasteiger partial charge in [-0.3, -0.25) is 4.79 Å². The number of benzene rings is 2. The number of carbonyl (C=O) groups excluding carboxylic acids is 1. The van der Waals surface area contributed by atoms with Gasteiger partial charge in [-0.2, -0.15) is 0 Å². The molecule has 0 aliphatic rings. The van der Waals surface area contributed by atoms with Crippen molar-refractivity contribution in [2.45, 2.75) is 39.0 Å². The van der Waals surface area contributed by atoms with Crippen LogP contribution in [0.3, 0.4) is 0 Å². The molecule has 0 aliphatic carbocycles. The molecule has 30 heavy (non-hydrogen) atoms. The van der Waals surface area contributed by atoms with Crippen LogP contribution in [0.2, 0.25) is 25.7 Å². The van der Waals surface area contributed by atoms with Gasteiger partial charge in [0, 0.05) is 20.2 Å². The molecule has 0 aliphatic heterocycles. The monoisotopic (exact) mass is 424 g/mol. The van der Waals surface area contributed by atoms with Crippen LogP contribution >= 0.6 is 0 Å². The van der Waals surface area contributed by atoms with Crippen LogP contribution in [0.4, 0.5) is 0 Å². The van der Waals surface area contributed by atoms with Crippen molar-refractivity contribution in [2.75, 3.05) is 6.61 Å². The van der Waals surface area contributed by atoms with Crippen molar-refractivity contribution in [1.82, 2.24) is 14.8 Å². The van der Waals surface area contributed by atoms with Gasteiger partial charge in [0.2, 0.25) is 5.82 Å². The highest BCUT2D eigenvalue weighted by molar-refractivity contribution is 6.76. The number of hydrogen-bond acceptors (Lipinski definition) is 5. The minimum Gasteiger partial charge on any atom is -0.489 e. The average Bonchev–Trinajstić information content (AvgIpc) is 3.15. The fourth-order valence-electron chi connectivity index (χ4n) is 2.72. The van der Waals surface area contributed by atoms with E-state index in [0.29, 0.717) is 19.0 Å². The van der Waals surface area contributed by atoms with Gasteiger partial charge in [0.25, 0.3) is 5.91 Å². The molecule has 0 spiro atoms. The molecule has 7 nitrogen and oxygen atoms in total. The SMILES string of the molecule is C[Si](C)(C)CCOCn1nc(C(N)=O)nc1-c1ccc(OCc2ccccc2)cc1. The second-order valence-electron chi connectivity index (χ2n) is 8.27. The van der Waals surface area contributed by atoms with Gasteiger partial charge in [-0.05, 0) is 35.9 Å². The van der Waals surface area contributed by atoms with Crippen LogP contribution in [0.5, 0.6) is 5.75 Å². The normalized spacial score (nSPS) is 11.4. The summed E-state index contributed by atoms with van der Waals surface area (Å²) >= 11 is 0. The van der Waals surface area contributed by atoms with E-state index in [9.17, 15) is 4.79 Å². The number of hydrogen-bond donors (Lipinski definition) is 1. The molecule has 2 N–H and O–H groups in total. The molecule has 0 bridgehead atoms. The molecule has 0 saturated heterocycles. The minimum absolute atomic E-state index is 0.0248. The molecular formula is C22H28N4O3Si. The molecule has 3 aromatic rings. The number of rotatable bonds is 10. The first-order valence-corrected chi connectivity index (χ1v) is 13.6. The van der Waals surface area contributed by atoms with Crippen molar-refractivity contribution >= 4 is 14.0 Å². The Morgan fingerprint density at radius 3 is 2.40 bits per heavy atom. The van der Waals surface area contributed by atoms with E-state index in [1.54, 1.807) is 4.68 Å².